The summed E-state index contributed by atoms with van der Waals surface area (Å²) < 4.78 is 0. The molecule has 0 spiro atoms. The van der Waals surface area contributed by atoms with Gasteiger partial charge in [0.1, 0.15) is 0 Å². The summed E-state index contributed by atoms with van der Waals surface area (Å²) in [5.41, 5.74) is 2.27. The number of carboxylic acid groups (broad SMARTS) is 1. The predicted molar refractivity (Wildman–Crippen MR) is 86.5 cm³/mol. The molecule has 1 aliphatic rings. The van der Waals surface area contributed by atoms with Crippen LogP contribution >= 0.6 is 0 Å². The molecule has 0 saturated heterocycles. The van der Waals surface area contributed by atoms with E-state index in [-0.39, 0.29) is 6.42 Å². The molecule has 0 heterocycles. The molecule has 1 aromatic rings. The zero-order valence-corrected chi connectivity index (χ0v) is 12.9. The van der Waals surface area contributed by atoms with Gasteiger partial charge in [0.05, 0.1) is 6.42 Å². The molecule has 2 rings (SSSR count). The number of carboxylic acids is 1. The Balaban J connectivity index is 1.85. The molecule has 0 amide bonds. The third kappa shape index (κ3) is 5.04. The minimum Gasteiger partial charge on any atom is -0.481 e. The molecule has 0 aliphatic heterocycles. The number of aliphatic carboxylic acids is 1. The molecule has 114 valence electrons. The van der Waals surface area contributed by atoms with Crippen LogP contribution in [0.3, 0.4) is 0 Å². The number of unbranched alkanes of at least 4 members (excludes halogenated alkanes) is 1. The minimum atomic E-state index is -0.762. The Labute approximate surface area is 127 Å². The summed E-state index contributed by atoms with van der Waals surface area (Å²) in [6.45, 7) is 2.22. The standard InChI is InChI=1S/C19H26O2/c1-2-3-4-5-15-6-10-17(11-7-15)18-12-8-16(9-13-18)14-19(20)21/h4-5,8-9,12-13,15,17H,2-3,6-7,10-11,14H2,1H3,(H,20,21). The average Bonchev–Trinajstić information content (AvgIpc) is 2.49. The van der Waals surface area contributed by atoms with Gasteiger partial charge < -0.3 is 5.11 Å². The van der Waals surface area contributed by atoms with Gasteiger partial charge in [0.15, 0.2) is 0 Å². The van der Waals surface area contributed by atoms with E-state index in [4.69, 9.17) is 5.11 Å². The first-order valence-corrected chi connectivity index (χ1v) is 8.16. The molecule has 1 aliphatic carbocycles. The van der Waals surface area contributed by atoms with E-state index in [1.165, 1.54) is 44.1 Å². The van der Waals surface area contributed by atoms with Crippen molar-refractivity contribution in [1.29, 1.82) is 0 Å². The predicted octanol–water partition coefficient (Wildman–Crippen LogP) is 4.94. The van der Waals surface area contributed by atoms with Crippen molar-refractivity contribution in [3.05, 3.63) is 47.5 Å². The van der Waals surface area contributed by atoms with Crippen molar-refractivity contribution in [1.82, 2.24) is 0 Å². The van der Waals surface area contributed by atoms with Gasteiger partial charge in [-0.1, -0.05) is 49.8 Å². The van der Waals surface area contributed by atoms with E-state index in [0.717, 1.165) is 11.5 Å². The van der Waals surface area contributed by atoms with E-state index in [9.17, 15) is 4.79 Å². The fourth-order valence-corrected chi connectivity index (χ4v) is 3.18. The molecule has 2 nitrogen and oxygen atoms in total. The number of hydrogen-bond acceptors (Lipinski definition) is 1. The largest absolute Gasteiger partial charge is 0.481 e. The van der Waals surface area contributed by atoms with Crippen LogP contribution in [0, 0.1) is 5.92 Å². The van der Waals surface area contributed by atoms with Gasteiger partial charge in [0, 0.05) is 0 Å². The topological polar surface area (TPSA) is 37.3 Å². The van der Waals surface area contributed by atoms with Gasteiger partial charge in [-0.3, -0.25) is 4.79 Å². The molecule has 0 bridgehead atoms. The van der Waals surface area contributed by atoms with E-state index in [1.807, 2.05) is 12.1 Å². The van der Waals surface area contributed by atoms with Gasteiger partial charge in [-0.05, 0) is 55.1 Å². The van der Waals surface area contributed by atoms with Crippen LogP contribution in [0.1, 0.15) is 62.5 Å². The summed E-state index contributed by atoms with van der Waals surface area (Å²) in [6, 6.07) is 8.18. The average molecular weight is 286 g/mol. The fraction of sp³-hybridized carbons (Fsp3) is 0.526. The van der Waals surface area contributed by atoms with E-state index < -0.39 is 5.97 Å². The first-order chi connectivity index (χ1) is 10.2. The first kappa shape index (κ1) is 15.8. The highest BCUT2D eigenvalue weighted by molar-refractivity contribution is 5.70. The molecule has 1 aromatic carbocycles. The first-order valence-electron chi connectivity index (χ1n) is 8.16. The molecule has 0 unspecified atom stereocenters. The van der Waals surface area contributed by atoms with Crippen molar-refractivity contribution in [3.63, 3.8) is 0 Å². The highest BCUT2D eigenvalue weighted by Crippen LogP contribution is 2.36. The summed E-state index contributed by atoms with van der Waals surface area (Å²) >= 11 is 0. The zero-order chi connectivity index (χ0) is 15.1. The Hall–Kier alpha value is -1.57. The molecule has 21 heavy (non-hydrogen) atoms. The maximum absolute atomic E-state index is 10.7. The van der Waals surface area contributed by atoms with Gasteiger partial charge >= 0.3 is 5.97 Å². The Kier molecular flexibility index (Phi) is 6.04. The summed E-state index contributed by atoms with van der Waals surface area (Å²) in [5, 5.41) is 8.80. The van der Waals surface area contributed by atoms with Crippen molar-refractivity contribution in [2.75, 3.05) is 0 Å². The monoisotopic (exact) mass is 286 g/mol. The van der Waals surface area contributed by atoms with Gasteiger partial charge in [0.25, 0.3) is 0 Å². The lowest BCUT2D eigenvalue weighted by Gasteiger charge is -2.27. The second-order valence-electron chi connectivity index (χ2n) is 6.14. The number of rotatable bonds is 6. The van der Waals surface area contributed by atoms with Gasteiger partial charge in [-0.25, -0.2) is 0 Å². The van der Waals surface area contributed by atoms with Crippen molar-refractivity contribution >= 4 is 5.97 Å². The number of hydrogen-bond donors (Lipinski definition) is 1. The molecule has 0 aromatic heterocycles. The van der Waals surface area contributed by atoms with Crippen LogP contribution in [0.15, 0.2) is 36.4 Å². The summed E-state index contributed by atoms with van der Waals surface area (Å²) in [4.78, 5) is 10.7. The molecule has 2 heteroatoms. The summed E-state index contributed by atoms with van der Waals surface area (Å²) in [5.74, 6) is 0.654. The molecular weight excluding hydrogens is 260 g/mol. The van der Waals surface area contributed by atoms with Crippen molar-refractivity contribution < 1.29 is 9.90 Å². The fourth-order valence-electron chi connectivity index (χ4n) is 3.18. The zero-order valence-electron chi connectivity index (χ0n) is 12.9. The lowest BCUT2D eigenvalue weighted by atomic mass is 9.78. The van der Waals surface area contributed by atoms with Crippen LogP contribution in [0.2, 0.25) is 0 Å². The van der Waals surface area contributed by atoms with E-state index >= 15 is 0 Å². The molecule has 1 N–H and O–H groups in total. The second-order valence-corrected chi connectivity index (χ2v) is 6.14. The van der Waals surface area contributed by atoms with Gasteiger partial charge in [0.2, 0.25) is 0 Å². The van der Waals surface area contributed by atoms with Gasteiger partial charge in [-0.15, -0.1) is 0 Å². The van der Waals surface area contributed by atoms with Crippen molar-refractivity contribution in [2.45, 2.75) is 57.8 Å². The van der Waals surface area contributed by atoms with Crippen molar-refractivity contribution in [3.8, 4) is 0 Å². The molecular formula is C19H26O2. The summed E-state index contributed by atoms with van der Waals surface area (Å²) in [7, 11) is 0. The molecule has 1 fully saturated rings. The lowest BCUT2D eigenvalue weighted by molar-refractivity contribution is -0.136. The Morgan fingerprint density at radius 2 is 1.86 bits per heavy atom. The van der Waals surface area contributed by atoms with E-state index in [0.29, 0.717) is 5.92 Å². The number of carbonyl (C=O) groups is 1. The highest BCUT2D eigenvalue weighted by Gasteiger charge is 2.20. The third-order valence-electron chi connectivity index (χ3n) is 4.44. The maximum Gasteiger partial charge on any atom is 0.307 e. The third-order valence-corrected chi connectivity index (χ3v) is 4.44. The van der Waals surface area contributed by atoms with Crippen LogP contribution in [-0.2, 0) is 11.2 Å². The highest BCUT2D eigenvalue weighted by atomic mass is 16.4. The van der Waals surface area contributed by atoms with Crippen molar-refractivity contribution in [2.24, 2.45) is 5.92 Å². The number of allylic oxidation sites excluding steroid dienone is 2. The number of benzene rings is 1. The van der Waals surface area contributed by atoms with E-state index in [2.05, 4.69) is 31.2 Å². The molecule has 0 atom stereocenters. The quantitative estimate of drug-likeness (QED) is 0.752. The Morgan fingerprint density at radius 1 is 1.19 bits per heavy atom. The normalized spacial score (nSPS) is 22.5. The maximum atomic E-state index is 10.7. The second kappa shape index (κ2) is 8.02. The van der Waals surface area contributed by atoms with Crippen LogP contribution in [0.5, 0.6) is 0 Å². The Bertz CT molecular complexity index is 465. The molecule has 0 radical (unpaired) electrons. The lowest BCUT2D eigenvalue weighted by Crippen LogP contribution is -2.11. The van der Waals surface area contributed by atoms with Crippen LogP contribution in [0.25, 0.3) is 0 Å². The SMILES string of the molecule is CCCC=CC1CCC(c2ccc(CC(=O)O)cc2)CC1. The minimum absolute atomic E-state index is 0.120. The van der Waals surface area contributed by atoms with Crippen LogP contribution < -0.4 is 0 Å². The van der Waals surface area contributed by atoms with Gasteiger partial charge in [-0.2, -0.15) is 0 Å². The Morgan fingerprint density at radius 3 is 2.43 bits per heavy atom. The van der Waals surface area contributed by atoms with Crippen LogP contribution in [0.4, 0.5) is 0 Å². The molecule has 1 saturated carbocycles. The summed E-state index contributed by atoms with van der Waals surface area (Å²) in [6.07, 6.45) is 12.4. The van der Waals surface area contributed by atoms with E-state index in [1.54, 1.807) is 0 Å². The van der Waals surface area contributed by atoms with Crippen LogP contribution in [-0.4, -0.2) is 11.1 Å². The smallest absolute Gasteiger partial charge is 0.307 e.